The third kappa shape index (κ3) is 3.75. The zero-order valence-corrected chi connectivity index (χ0v) is 18.1. The van der Waals surface area contributed by atoms with Gasteiger partial charge in [-0.1, -0.05) is 11.6 Å². The number of carbonyl (C=O) groups is 2. The van der Waals surface area contributed by atoms with Crippen LogP contribution in [-0.2, 0) is 9.53 Å². The van der Waals surface area contributed by atoms with Gasteiger partial charge in [0.2, 0.25) is 5.91 Å². The molecule has 1 unspecified atom stereocenters. The minimum absolute atomic E-state index is 0.00996. The van der Waals surface area contributed by atoms with E-state index in [1.807, 2.05) is 6.92 Å². The number of halogens is 3. The van der Waals surface area contributed by atoms with E-state index in [1.165, 1.54) is 0 Å². The number of benzene rings is 1. The Morgan fingerprint density at radius 3 is 2.69 bits per heavy atom. The fraction of sp³-hybridized carbons (Fsp3) is 0.435. The van der Waals surface area contributed by atoms with Gasteiger partial charge < -0.3 is 15.0 Å². The summed E-state index contributed by atoms with van der Waals surface area (Å²) in [6.07, 6.45) is 2.97. The molecule has 2 saturated heterocycles. The van der Waals surface area contributed by atoms with E-state index in [9.17, 15) is 18.4 Å². The number of ether oxygens (including phenoxy) is 1. The highest BCUT2D eigenvalue weighted by Gasteiger charge is 2.56. The number of pyridine rings is 1. The molecule has 4 atom stereocenters. The molecule has 3 heterocycles. The second kappa shape index (κ2) is 8.08. The number of hydrogen-bond acceptors (Lipinski definition) is 4. The van der Waals surface area contributed by atoms with Crippen LogP contribution in [0.2, 0.25) is 5.02 Å². The lowest BCUT2D eigenvalue weighted by Crippen LogP contribution is -2.51. The van der Waals surface area contributed by atoms with E-state index in [0.29, 0.717) is 25.3 Å². The highest BCUT2D eigenvalue weighted by molar-refractivity contribution is 6.30. The van der Waals surface area contributed by atoms with Crippen molar-refractivity contribution in [2.75, 3.05) is 13.2 Å². The van der Waals surface area contributed by atoms with E-state index >= 15 is 0 Å². The first kappa shape index (κ1) is 21.3. The third-order valence-corrected chi connectivity index (χ3v) is 6.87. The Hall–Kier alpha value is -2.58. The SMILES string of the molecule is Cc1ccnc(C(=O)N2[C@@H](C(=O)NC(c3cc(F)c(Cl)cc3F)C3COC3)C[C@H]3C[C@H]32)c1. The van der Waals surface area contributed by atoms with Gasteiger partial charge in [-0.2, -0.15) is 0 Å². The maximum atomic E-state index is 14.6. The number of piperidine rings is 1. The van der Waals surface area contributed by atoms with Gasteiger partial charge in [-0.15, -0.1) is 0 Å². The minimum Gasteiger partial charge on any atom is -0.381 e. The summed E-state index contributed by atoms with van der Waals surface area (Å²) < 4.78 is 34.0. The molecule has 32 heavy (non-hydrogen) atoms. The van der Waals surface area contributed by atoms with Crippen molar-refractivity contribution in [3.8, 4) is 0 Å². The van der Waals surface area contributed by atoms with Crippen LogP contribution in [0, 0.1) is 30.4 Å². The second-order valence-corrected chi connectivity index (χ2v) is 9.22. The highest BCUT2D eigenvalue weighted by atomic mass is 35.5. The molecule has 1 aliphatic carbocycles. The van der Waals surface area contributed by atoms with Crippen molar-refractivity contribution < 1.29 is 23.1 Å². The molecule has 1 saturated carbocycles. The highest BCUT2D eigenvalue weighted by Crippen LogP contribution is 2.48. The van der Waals surface area contributed by atoms with Crippen molar-refractivity contribution in [2.24, 2.45) is 11.8 Å². The van der Waals surface area contributed by atoms with E-state index in [4.69, 9.17) is 16.3 Å². The van der Waals surface area contributed by atoms with Crippen LogP contribution >= 0.6 is 11.6 Å². The summed E-state index contributed by atoms with van der Waals surface area (Å²) in [7, 11) is 0. The fourth-order valence-electron chi connectivity index (χ4n) is 4.69. The molecule has 2 amide bonds. The van der Waals surface area contributed by atoms with Crippen LogP contribution in [0.5, 0.6) is 0 Å². The second-order valence-electron chi connectivity index (χ2n) is 8.82. The van der Waals surface area contributed by atoms with Crippen LogP contribution in [0.15, 0.2) is 30.5 Å². The first-order valence-corrected chi connectivity index (χ1v) is 11.0. The van der Waals surface area contributed by atoms with Crippen LogP contribution < -0.4 is 5.32 Å². The van der Waals surface area contributed by atoms with Gasteiger partial charge in [-0.3, -0.25) is 14.6 Å². The zero-order valence-electron chi connectivity index (χ0n) is 17.4. The number of nitrogens with one attached hydrogen (secondary N) is 1. The zero-order chi connectivity index (χ0) is 22.6. The standard InChI is InChI=1S/C23H22ClF2N3O3/c1-11-2-3-27-18(4-11)23(31)29-19-5-12(19)6-20(29)22(30)28-21(13-9-32-10-13)14-7-17(26)15(24)8-16(14)25/h2-4,7-8,12-13,19-21H,5-6,9-10H2,1H3,(H,28,30)/t12-,19-,20-,21?/m1/s1. The van der Waals surface area contributed by atoms with E-state index in [0.717, 1.165) is 24.1 Å². The maximum Gasteiger partial charge on any atom is 0.273 e. The molecular formula is C23H22ClF2N3O3. The third-order valence-electron chi connectivity index (χ3n) is 6.58. The summed E-state index contributed by atoms with van der Waals surface area (Å²) in [5.41, 5.74) is 1.22. The lowest BCUT2D eigenvalue weighted by atomic mass is 9.90. The number of carbonyl (C=O) groups excluding carboxylic acids is 2. The summed E-state index contributed by atoms with van der Waals surface area (Å²) in [4.78, 5) is 32.3. The van der Waals surface area contributed by atoms with E-state index < -0.39 is 23.7 Å². The Kier molecular flexibility index (Phi) is 5.37. The summed E-state index contributed by atoms with van der Waals surface area (Å²) in [5, 5.41) is 2.55. The lowest BCUT2D eigenvalue weighted by molar-refractivity contribution is -0.128. The average molecular weight is 462 g/mol. The molecule has 1 aromatic carbocycles. The van der Waals surface area contributed by atoms with E-state index in [-0.39, 0.29) is 40.3 Å². The smallest absolute Gasteiger partial charge is 0.273 e. The number of aryl methyl sites for hydroxylation is 1. The molecule has 168 valence electrons. The predicted octanol–water partition coefficient (Wildman–Crippen LogP) is 3.43. The Balaban J connectivity index is 1.40. The van der Waals surface area contributed by atoms with E-state index in [1.54, 1.807) is 23.2 Å². The lowest BCUT2D eigenvalue weighted by Gasteiger charge is -2.36. The van der Waals surface area contributed by atoms with Gasteiger partial charge in [0, 0.05) is 23.7 Å². The Bertz CT molecular complexity index is 1090. The minimum atomic E-state index is -0.783. The summed E-state index contributed by atoms with van der Waals surface area (Å²) >= 11 is 5.69. The molecule has 5 rings (SSSR count). The van der Waals surface area contributed by atoms with Crippen LogP contribution in [0.1, 0.15) is 40.5 Å². The largest absolute Gasteiger partial charge is 0.381 e. The fourth-order valence-corrected chi connectivity index (χ4v) is 4.84. The van der Waals surface area contributed by atoms with Crippen molar-refractivity contribution >= 4 is 23.4 Å². The molecular weight excluding hydrogens is 440 g/mol. The van der Waals surface area contributed by atoms with Gasteiger partial charge in [-0.25, -0.2) is 8.78 Å². The van der Waals surface area contributed by atoms with Crippen molar-refractivity contribution in [1.82, 2.24) is 15.2 Å². The molecule has 9 heteroatoms. The predicted molar refractivity (Wildman–Crippen MR) is 112 cm³/mol. The number of amides is 2. The van der Waals surface area contributed by atoms with Crippen molar-refractivity contribution in [3.05, 3.63) is 63.9 Å². The summed E-state index contributed by atoms with van der Waals surface area (Å²) in [5.74, 6) is -2.05. The number of likely N-dealkylation sites (tertiary alicyclic amines) is 1. The molecule has 6 nitrogen and oxygen atoms in total. The number of rotatable bonds is 5. The van der Waals surface area contributed by atoms with Crippen molar-refractivity contribution in [1.29, 1.82) is 0 Å². The topological polar surface area (TPSA) is 71.5 Å². The van der Waals surface area contributed by atoms with Crippen LogP contribution in [0.4, 0.5) is 8.78 Å². The Labute approximate surface area is 188 Å². The first-order valence-electron chi connectivity index (χ1n) is 10.6. The molecule has 3 fully saturated rings. The normalized spacial score (nSPS) is 25.1. The number of hydrogen-bond donors (Lipinski definition) is 1. The van der Waals surface area contributed by atoms with Gasteiger partial charge in [0.05, 0.1) is 24.3 Å². The molecule has 0 radical (unpaired) electrons. The maximum absolute atomic E-state index is 14.6. The molecule has 3 aliphatic rings. The van der Waals surface area contributed by atoms with Crippen LogP contribution in [0.3, 0.4) is 0 Å². The van der Waals surface area contributed by atoms with Crippen molar-refractivity contribution in [3.63, 3.8) is 0 Å². The summed E-state index contributed by atoms with van der Waals surface area (Å²) in [6.45, 7) is 2.51. The average Bonchev–Trinajstić information content (AvgIpc) is 3.38. The van der Waals surface area contributed by atoms with Gasteiger partial charge in [0.15, 0.2) is 0 Å². The van der Waals surface area contributed by atoms with Gasteiger partial charge in [0.25, 0.3) is 5.91 Å². The first-order chi connectivity index (χ1) is 15.3. The van der Waals surface area contributed by atoms with Crippen LogP contribution in [-0.4, -0.2) is 47.0 Å². The molecule has 1 N–H and O–H groups in total. The molecule has 2 aliphatic heterocycles. The van der Waals surface area contributed by atoms with Gasteiger partial charge in [-0.05, 0) is 55.5 Å². The summed E-state index contributed by atoms with van der Waals surface area (Å²) in [6, 6.07) is 3.98. The molecule has 0 bridgehead atoms. The number of aromatic nitrogens is 1. The molecule has 2 aromatic rings. The van der Waals surface area contributed by atoms with Crippen LogP contribution in [0.25, 0.3) is 0 Å². The monoisotopic (exact) mass is 461 g/mol. The molecule has 1 aromatic heterocycles. The van der Waals surface area contributed by atoms with E-state index in [2.05, 4.69) is 10.3 Å². The number of fused-ring (bicyclic) bond motifs is 1. The molecule has 0 spiro atoms. The quantitative estimate of drug-likeness (QED) is 0.692. The van der Waals surface area contributed by atoms with Crippen molar-refractivity contribution in [2.45, 2.75) is 37.9 Å². The Morgan fingerprint density at radius 1 is 1.22 bits per heavy atom. The number of nitrogens with zero attached hydrogens (tertiary/aromatic N) is 2. The van der Waals surface area contributed by atoms with Gasteiger partial charge >= 0.3 is 0 Å². The Morgan fingerprint density at radius 2 is 2.00 bits per heavy atom. The van der Waals surface area contributed by atoms with Gasteiger partial charge in [0.1, 0.15) is 23.4 Å².